The van der Waals surface area contributed by atoms with Gasteiger partial charge >= 0.3 is 0 Å². The van der Waals surface area contributed by atoms with Gasteiger partial charge in [-0.3, -0.25) is 0 Å². The fraction of sp³-hybridized carbons (Fsp3) is 0.583. The van der Waals surface area contributed by atoms with Crippen molar-refractivity contribution in [1.82, 2.24) is 0 Å². The summed E-state index contributed by atoms with van der Waals surface area (Å²) >= 11 is 0. The van der Waals surface area contributed by atoms with Crippen LogP contribution in [0.1, 0.15) is 44.9 Å². The van der Waals surface area contributed by atoms with Crippen LogP contribution in [0.25, 0.3) is 0 Å². The van der Waals surface area contributed by atoms with Crippen molar-refractivity contribution in [1.29, 1.82) is 0 Å². The maximum atomic E-state index is 4.52. The van der Waals surface area contributed by atoms with Gasteiger partial charge in [0, 0.05) is 0 Å². The van der Waals surface area contributed by atoms with Crippen molar-refractivity contribution in [3.63, 3.8) is 0 Å². The van der Waals surface area contributed by atoms with Gasteiger partial charge in [0.15, 0.2) is 0 Å². The van der Waals surface area contributed by atoms with Gasteiger partial charge in [-0.25, -0.2) is 0 Å². The van der Waals surface area contributed by atoms with Crippen LogP contribution in [0.2, 0.25) is 0 Å². The van der Waals surface area contributed by atoms with Crippen molar-refractivity contribution in [3.05, 3.63) is 24.5 Å². The van der Waals surface area contributed by atoms with Crippen LogP contribution in [0.3, 0.4) is 0 Å². The Balaban J connectivity index is 0.000000140. The third-order valence-electron chi connectivity index (χ3n) is 2.32. The summed E-state index contributed by atoms with van der Waals surface area (Å²) in [5.74, 6) is 0. The Morgan fingerprint density at radius 1 is 0.714 bits per heavy atom. The Morgan fingerprint density at radius 3 is 1.86 bits per heavy atom. The van der Waals surface area contributed by atoms with E-state index in [1.165, 1.54) is 51.2 Å². The van der Waals surface area contributed by atoms with E-state index in [-0.39, 0.29) is 0 Å². The Bertz CT molecular complexity index is 173. The lowest BCUT2D eigenvalue weighted by molar-refractivity contribution is 0.271. The first-order valence-electron chi connectivity index (χ1n) is 5.51. The molecule has 1 heterocycles. The third kappa shape index (κ3) is 6.46. The molecule has 0 saturated heterocycles. The summed E-state index contributed by atoms with van der Waals surface area (Å²) in [5.41, 5.74) is 0. The highest BCUT2D eigenvalue weighted by molar-refractivity contribution is 5.71. The van der Waals surface area contributed by atoms with Gasteiger partial charge in [0.25, 0.3) is 0 Å². The van der Waals surface area contributed by atoms with Gasteiger partial charge in [-0.15, -0.1) is 0 Å². The average molecular weight is 193 g/mol. The molecule has 2 aliphatic rings. The molecular weight excluding hydrogens is 174 g/mol. The summed E-state index contributed by atoms with van der Waals surface area (Å²) in [6.07, 6.45) is 19.0. The number of oxime groups is 1. The summed E-state index contributed by atoms with van der Waals surface area (Å²) in [6, 6.07) is 0. The molecule has 1 saturated carbocycles. The second-order valence-corrected chi connectivity index (χ2v) is 3.55. The molecule has 0 aromatic carbocycles. The molecular formula is C12H19NO. The fourth-order valence-electron chi connectivity index (χ4n) is 1.54. The Labute approximate surface area is 86.3 Å². The van der Waals surface area contributed by atoms with E-state index in [0.717, 1.165) is 0 Å². The normalized spacial score (nSPS) is 20.0. The highest BCUT2D eigenvalue weighted by Crippen LogP contribution is 2.15. The second kappa shape index (κ2) is 8.54. The van der Waals surface area contributed by atoms with Crippen LogP contribution in [0.5, 0.6) is 0 Å². The predicted molar refractivity (Wildman–Crippen MR) is 60.2 cm³/mol. The molecule has 0 N–H and O–H groups in total. The summed E-state index contributed by atoms with van der Waals surface area (Å²) in [5, 5.41) is 3.47. The molecule has 1 aliphatic heterocycles. The van der Waals surface area contributed by atoms with Gasteiger partial charge in [0.1, 0.15) is 6.26 Å². The van der Waals surface area contributed by atoms with E-state index >= 15 is 0 Å². The van der Waals surface area contributed by atoms with Crippen LogP contribution in [0.4, 0.5) is 0 Å². The zero-order valence-electron chi connectivity index (χ0n) is 8.69. The molecule has 0 atom stereocenters. The molecule has 0 amide bonds. The van der Waals surface area contributed by atoms with Crippen molar-refractivity contribution >= 4 is 6.21 Å². The van der Waals surface area contributed by atoms with Gasteiger partial charge in [0.05, 0.1) is 6.21 Å². The number of nitrogens with zero attached hydrogens (tertiary/aromatic N) is 1. The largest absolute Gasteiger partial charge is 0.365 e. The van der Waals surface area contributed by atoms with Gasteiger partial charge in [-0.05, 0) is 12.2 Å². The number of hydrogen-bond donors (Lipinski definition) is 0. The maximum absolute atomic E-state index is 4.52. The predicted octanol–water partition coefficient (Wildman–Crippen LogP) is 3.80. The van der Waals surface area contributed by atoms with Gasteiger partial charge in [-0.1, -0.05) is 56.2 Å². The van der Waals surface area contributed by atoms with Crippen molar-refractivity contribution in [2.75, 3.05) is 0 Å². The van der Waals surface area contributed by atoms with Gasteiger partial charge in [-0.2, -0.15) is 0 Å². The van der Waals surface area contributed by atoms with Gasteiger partial charge < -0.3 is 4.84 Å². The molecule has 2 rings (SSSR count). The van der Waals surface area contributed by atoms with Crippen molar-refractivity contribution in [2.24, 2.45) is 5.16 Å². The minimum absolute atomic E-state index is 1.50. The SMILES string of the molecule is C1=CC=NOC=C1.C1CCCCCC1. The number of allylic oxidation sites excluding steroid dienone is 3. The molecule has 2 heteroatoms. The molecule has 0 unspecified atom stereocenters. The molecule has 1 fully saturated rings. The third-order valence-corrected chi connectivity index (χ3v) is 2.32. The lowest BCUT2D eigenvalue weighted by Crippen LogP contribution is -1.66. The first kappa shape index (κ1) is 11.0. The average Bonchev–Trinajstić information content (AvgIpc) is 2.68. The van der Waals surface area contributed by atoms with Crippen molar-refractivity contribution in [2.45, 2.75) is 44.9 Å². The molecule has 0 aromatic heterocycles. The molecule has 2 nitrogen and oxygen atoms in total. The highest BCUT2D eigenvalue weighted by atomic mass is 16.6. The summed E-state index contributed by atoms with van der Waals surface area (Å²) in [6.45, 7) is 0. The Morgan fingerprint density at radius 2 is 1.29 bits per heavy atom. The molecule has 0 spiro atoms. The van der Waals surface area contributed by atoms with Crippen LogP contribution < -0.4 is 0 Å². The number of hydrogen-bond acceptors (Lipinski definition) is 2. The van der Waals surface area contributed by atoms with E-state index in [1.807, 2.05) is 6.08 Å². The van der Waals surface area contributed by atoms with E-state index in [1.54, 1.807) is 18.4 Å². The second-order valence-electron chi connectivity index (χ2n) is 3.55. The molecule has 0 aromatic rings. The van der Waals surface area contributed by atoms with Crippen LogP contribution in [-0.2, 0) is 4.84 Å². The quantitative estimate of drug-likeness (QED) is 0.536. The zero-order chi connectivity index (χ0) is 9.90. The standard InChI is InChI=1S/C7H14.C5H5NO/c2*1-2-4-6-7-5-3-1/h1-7H2;1-5H. The van der Waals surface area contributed by atoms with Crippen molar-refractivity contribution < 1.29 is 4.84 Å². The van der Waals surface area contributed by atoms with E-state index < -0.39 is 0 Å². The van der Waals surface area contributed by atoms with Gasteiger partial charge in [0.2, 0.25) is 0 Å². The van der Waals surface area contributed by atoms with E-state index in [9.17, 15) is 0 Å². The lowest BCUT2D eigenvalue weighted by Gasteiger charge is -1.85. The molecule has 1 aliphatic carbocycles. The van der Waals surface area contributed by atoms with Crippen LogP contribution in [0.15, 0.2) is 29.6 Å². The summed E-state index contributed by atoms with van der Waals surface area (Å²) in [7, 11) is 0. The number of rotatable bonds is 0. The summed E-state index contributed by atoms with van der Waals surface area (Å²) < 4.78 is 0. The Kier molecular flexibility index (Phi) is 6.73. The van der Waals surface area contributed by atoms with E-state index in [0.29, 0.717) is 0 Å². The molecule has 14 heavy (non-hydrogen) atoms. The van der Waals surface area contributed by atoms with Crippen LogP contribution in [0, 0.1) is 0 Å². The molecule has 0 bridgehead atoms. The topological polar surface area (TPSA) is 21.6 Å². The minimum Gasteiger partial charge on any atom is -0.365 e. The highest BCUT2D eigenvalue weighted by Gasteiger charge is 1.95. The minimum atomic E-state index is 1.50. The maximum Gasteiger partial charge on any atom is 0.122 e. The lowest BCUT2D eigenvalue weighted by atomic mass is 10.2. The fourth-order valence-corrected chi connectivity index (χ4v) is 1.54. The monoisotopic (exact) mass is 193 g/mol. The molecule has 78 valence electrons. The van der Waals surface area contributed by atoms with Crippen molar-refractivity contribution in [3.8, 4) is 0 Å². The van der Waals surface area contributed by atoms with Crippen LogP contribution >= 0.6 is 0 Å². The smallest absolute Gasteiger partial charge is 0.122 e. The van der Waals surface area contributed by atoms with E-state index in [4.69, 9.17) is 0 Å². The first-order valence-corrected chi connectivity index (χ1v) is 5.51. The van der Waals surface area contributed by atoms with E-state index in [2.05, 4.69) is 9.99 Å². The van der Waals surface area contributed by atoms with Crippen LogP contribution in [-0.4, -0.2) is 6.21 Å². The summed E-state index contributed by atoms with van der Waals surface area (Å²) in [4.78, 5) is 4.52. The Hall–Kier alpha value is -1.05. The zero-order valence-corrected chi connectivity index (χ0v) is 8.69. The molecule has 0 radical (unpaired) electrons. The first-order chi connectivity index (χ1) is 7.00.